The van der Waals surface area contributed by atoms with E-state index in [2.05, 4.69) is 0 Å². The lowest BCUT2D eigenvalue weighted by Gasteiger charge is -2.25. The first kappa shape index (κ1) is 20.4. The largest absolute Gasteiger partial charge is 0.481 e. The van der Waals surface area contributed by atoms with Crippen molar-refractivity contribution in [2.24, 2.45) is 0 Å². The summed E-state index contributed by atoms with van der Waals surface area (Å²) in [5.41, 5.74) is -0.495. The van der Waals surface area contributed by atoms with Crippen molar-refractivity contribution in [3.8, 4) is 0 Å². The molecule has 0 saturated carbocycles. The number of halogens is 3. The van der Waals surface area contributed by atoms with Gasteiger partial charge in [-0.3, -0.25) is 9.59 Å². The maximum atomic E-state index is 13.2. The zero-order valence-electron chi connectivity index (χ0n) is 15.3. The molecule has 150 valence electrons. The van der Waals surface area contributed by atoms with Crippen molar-refractivity contribution >= 4 is 28.3 Å². The van der Waals surface area contributed by atoms with E-state index in [9.17, 15) is 22.8 Å². The maximum absolute atomic E-state index is 13.2. The first-order valence-corrected chi connectivity index (χ1v) is 8.96. The molecule has 0 aliphatic carbocycles. The summed E-state index contributed by atoms with van der Waals surface area (Å²) in [4.78, 5) is 25.4. The van der Waals surface area contributed by atoms with Crippen molar-refractivity contribution < 1.29 is 27.9 Å². The molecule has 0 saturated heterocycles. The first-order valence-electron chi connectivity index (χ1n) is 8.96. The molecule has 0 bridgehead atoms. The zero-order valence-corrected chi connectivity index (χ0v) is 15.3. The van der Waals surface area contributed by atoms with E-state index in [1.165, 1.54) is 17.0 Å². The highest BCUT2D eigenvalue weighted by Gasteiger charge is 2.31. The molecule has 0 heterocycles. The molecule has 3 aromatic rings. The molecule has 0 spiro atoms. The second kappa shape index (κ2) is 8.34. The standard InChI is InChI=1S/C22H18F3NO3/c23-22(24,25)17-9-3-8-16(14-17)21(29)26(13-5-12-20(27)28)19-11-4-7-15-6-1-2-10-18(15)19/h1-4,6-11,14H,5,12-13H2,(H,27,28). The Labute approximate surface area is 165 Å². The molecule has 0 fully saturated rings. The molecular weight excluding hydrogens is 383 g/mol. The van der Waals surface area contributed by atoms with Crippen LogP contribution in [0.25, 0.3) is 10.8 Å². The fourth-order valence-corrected chi connectivity index (χ4v) is 3.15. The summed E-state index contributed by atoms with van der Waals surface area (Å²) in [5.74, 6) is -1.62. The van der Waals surface area contributed by atoms with Gasteiger partial charge < -0.3 is 10.0 Å². The Morgan fingerprint density at radius 1 is 0.931 bits per heavy atom. The van der Waals surface area contributed by atoms with Crippen molar-refractivity contribution in [1.29, 1.82) is 0 Å². The SMILES string of the molecule is O=C(O)CCCN(C(=O)c1cccc(C(F)(F)F)c1)c1cccc2ccccc12. The van der Waals surface area contributed by atoms with E-state index in [1.807, 2.05) is 24.3 Å². The summed E-state index contributed by atoms with van der Waals surface area (Å²) in [6, 6.07) is 16.9. The van der Waals surface area contributed by atoms with E-state index < -0.39 is 23.6 Å². The van der Waals surface area contributed by atoms with Gasteiger partial charge in [0.2, 0.25) is 0 Å². The predicted octanol–water partition coefficient (Wildman–Crippen LogP) is 5.37. The van der Waals surface area contributed by atoms with Gasteiger partial charge in [0.1, 0.15) is 0 Å². The Morgan fingerprint density at radius 2 is 1.62 bits per heavy atom. The number of hydrogen-bond acceptors (Lipinski definition) is 2. The van der Waals surface area contributed by atoms with Crippen LogP contribution in [0.3, 0.4) is 0 Å². The highest BCUT2D eigenvalue weighted by Crippen LogP contribution is 2.31. The number of anilines is 1. The van der Waals surface area contributed by atoms with Crippen molar-refractivity contribution in [2.75, 3.05) is 11.4 Å². The molecule has 1 amide bonds. The molecule has 0 unspecified atom stereocenters. The van der Waals surface area contributed by atoms with Crippen LogP contribution in [-0.2, 0) is 11.0 Å². The minimum Gasteiger partial charge on any atom is -0.481 e. The molecule has 3 rings (SSSR count). The van der Waals surface area contributed by atoms with E-state index in [1.54, 1.807) is 18.2 Å². The number of fused-ring (bicyclic) bond motifs is 1. The number of nitrogens with zero attached hydrogens (tertiary/aromatic N) is 1. The molecule has 1 N–H and O–H groups in total. The molecule has 29 heavy (non-hydrogen) atoms. The topological polar surface area (TPSA) is 57.6 Å². The Balaban J connectivity index is 2.03. The predicted molar refractivity (Wildman–Crippen MR) is 104 cm³/mol. The van der Waals surface area contributed by atoms with E-state index in [-0.39, 0.29) is 24.9 Å². The maximum Gasteiger partial charge on any atom is 0.416 e. The molecule has 3 aromatic carbocycles. The lowest BCUT2D eigenvalue weighted by atomic mass is 10.1. The second-order valence-electron chi connectivity index (χ2n) is 6.53. The van der Waals surface area contributed by atoms with Gasteiger partial charge in [0, 0.05) is 23.9 Å². The quantitative estimate of drug-likeness (QED) is 0.604. The van der Waals surface area contributed by atoms with Gasteiger partial charge >= 0.3 is 12.1 Å². The minimum absolute atomic E-state index is 0.0649. The average molecular weight is 401 g/mol. The van der Waals surface area contributed by atoms with Gasteiger partial charge in [0.15, 0.2) is 0 Å². The number of benzene rings is 3. The molecule has 0 atom stereocenters. The van der Waals surface area contributed by atoms with E-state index in [0.29, 0.717) is 5.69 Å². The van der Waals surface area contributed by atoms with Gasteiger partial charge in [-0.1, -0.05) is 42.5 Å². The van der Waals surface area contributed by atoms with Gasteiger partial charge in [-0.2, -0.15) is 13.2 Å². The van der Waals surface area contributed by atoms with Crippen molar-refractivity contribution in [1.82, 2.24) is 0 Å². The summed E-state index contributed by atoms with van der Waals surface area (Å²) in [7, 11) is 0. The number of alkyl halides is 3. The van der Waals surface area contributed by atoms with Gasteiger partial charge in [-0.25, -0.2) is 0 Å². The Morgan fingerprint density at radius 3 is 2.34 bits per heavy atom. The molecule has 0 aromatic heterocycles. The summed E-state index contributed by atoms with van der Waals surface area (Å²) in [6.07, 6.45) is -4.55. The van der Waals surface area contributed by atoms with Crippen LogP contribution in [0.5, 0.6) is 0 Å². The average Bonchev–Trinajstić information content (AvgIpc) is 2.70. The van der Waals surface area contributed by atoms with Crippen LogP contribution >= 0.6 is 0 Å². The number of hydrogen-bond donors (Lipinski definition) is 1. The van der Waals surface area contributed by atoms with E-state index in [0.717, 1.165) is 22.9 Å². The molecule has 4 nitrogen and oxygen atoms in total. The third-order valence-corrected chi connectivity index (χ3v) is 4.51. The fourth-order valence-electron chi connectivity index (χ4n) is 3.15. The van der Waals surface area contributed by atoms with Gasteiger partial charge in [-0.15, -0.1) is 0 Å². The fraction of sp³-hybridized carbons (Fsp3) is 0.182. The second-order valence-corrected chi connectivity index (χ2v) is 6.53. The zero-order chi connectivity index (χ0) is 21.0. The van der Waals surface area contributed by atoms with Crippen LogP contribution in [0.1, 0.15) is 28.8 Å². The van der Waals surface area contributed by atoms with Crippen LogP contribution < -0.4 is 4.90 Å². The number of rotatable bonds is 6. The van der Waals surface area contributed by atoms with Crippen LogP contribution in [0.2, 0.25) is 0 Å². The Kier molecular flexibility index (Phi) is 5.87. The smallest absolute Gasteiger partial charge is 0.416 e. The van der Waals surface area contributed by atoms with Crippen molar-refractivity contribution in [2.45, 2.75) is 19.0 Å². The Bertz CT molecular complexity index is 1040. The minimum atomic E-state index is -4.57. The third-order valence-electron chi connectivity index (χ3n) is 4.51. The number of carbonyl (C=O) groups excluding carboxylic acids is 1. The number of carboxylic acid groups (broad SMARTS) is 1. The highest BCUT2D eigenvalue weighted by atomic mass is 19.4. The summed E-state index contributed by atoms with van der Waals surface area (Å²) in [5, 5.41) is 10.5. The molecular formula is C22H18F3NO3. The van der Waals surface area contributed by atoms with Gasteiger partial charge in [0.25, 0.3) is 5.91 Å². The van der Waals surface area contributed by atoms with Crippen LogP contribution in [0.4, 0.5) is 18.9 Å². The number of amides is 1. The lowest BCUT2D eigenvalue weighted by Crippen LogP contribution is -2.32. The number of carbonyl (C=O) groups is 2. The first-order chi connectivity index (χ1) is 13.8. The van der Waals surface area contributed by atoms with Crippen molar-refractivity contribution in [3.63, 3.8) is 0 Å². The molecule has 0 aliphatic rings. The molecule has 7 heteroatoms. The lowest BCUT2D eigenvalue weighted by molar-refractivity contribution is -0.138. The van der Waals surface area contributed by atoms with Gasteiger partial charge in [-0.05, 0) is 36.1 Å². The summed E-state index contributed by atoms with van der Waals surface area (Å²) < 4.78 is 39.2. The van der Waals surface area contributed by atoms with E-state index in [4.69, 9.17) is 5.11 Å². The third kappa shape index (κ3) is 4.74. The number of carboxylic acids is 1. The highest BCUT2D eigenvalue weighted by molar-refractivity contribution is 6.10. The monoisotopic (exact) mass is 401 g/mol. The Hall–Kier alpha value is -3.35. The van der Waals surface area contributed by atoms with Crippen LogP contribution in [0.15, 0.2) is 66.7 Å². The normalized spacial score (nSPS) is 11.4. The van der Waals surface area contributed by atoms with Gasteiger partial charge in [0.05, 0.1) is 11.3 Å². The van der Waals surface area contributed by atoms with Crippen LogP contribution in [-0.4, -0.2) is 23.5 Å². The van der Waals surface area contributed by atoms with Crippen molar-refractivity contribution in [3.05, 3.63) is 77.9 Å². The molecule has 0 radical (unpaired) electrons. The summed E-state index contributed by atoms with van der Waals surface area (Å²) in [6.45, 7) is 0.0649. The van der Waals surface area contributed by atoms with Crippen LogP contribution in [0, 0.1) is 0 Å². The summed E-state index contributed by atoms with van der Waals surface area (Å²) >= 11 is 0. The molecule has 0 aliphatic heterocycles. The van der Waals surface area contributed by atoms with E-state index >= 15 is 0 Å². The number of aliphatic carboxylic acids is 1.